The lowest BCUT2D eigenvalue weighted by Gasteiger charge is -2.25. The van der Waals surface area contributed by atoms with E-state index >= 15 is 0 Å². The zero-order valence-corrected chi connectivity index (χ0v) is 13.1. The third-order valence-electron chi connectivity index (χ3n) is 3.49. The highest BCUT2D eigenvalue weighted by Crippen LogP contribution is 2.21. The maximum Gasteiger partial charge on any atom is 0.256 e. The van der Waals surface area contributed by atoms with Crippen LogP contribution in [-0.2, 0) is 9.53 Å². The lowest BCUT2D eigenvalue weighted by molar-refractivity contribution is -0.136. The van der Waals surface area contributed by atoms with Crippen molar-refractivity contribution in [1.29, 1.82) is 0 Å². The molecule has 1 aromatic carbocycles. The Labute approximate surface area is 126 Å². The van der Waals surface area contributed by atoms with Crippen LogP contribution in [0.4, 0.5) is 5.69 Å². The van der Waals surface area contributed by atoms with Gasteiger partial charge in [-0.15, -0.1) is 0 Å². The number of aliphatic hydroxyl groups excluding tert-OH is 1. The molecule has 0 heterocycles. The summed E-state index contributed by atoms with van der Waals surface area (Å²) in [5.74, 6) is 5.65. The summed E-state index contributed by atoms with van der Waals surface area (Å²) >= 11 is 0. The van der Waals surface area contributed by atoms with Gasteiger partial charge in [0.2, 0.25) is 0 Å². The van der Waals surface area contributed by atoms with Gasteiger partial charge < -0.3 is 15.2 Å². The fourth-order valence-electron chi connectivity index (χ4n) is 1.74. The van der Waals surface area contributed by atoms with Crippen molar-refractivity contribution in [1.82, 2.24) is 0 Å². The number of hydrogen-bond acceptors (Lipinski definition) is 3. The van der Waals surface area contributed by atoms with Crippen molar-refractivity contribution in [2.24, 2.45) is 0 Å². The van der Waals surface area contributed by atoms with Gasteiger partial charge in [-0.25, -0.2) is 0 Å². The lowest BCUT2D eigenvalue weighted by atomic mass is 10.0. The molecule has 1 aromatic rings. The fraction of sp³-hybridized carbons (Fsp3) is 0.471. The first-order chi connectivity index (χ1) is 9.96. The van der Waals surface area contributed by atoms with E-state index in [2.05, 4.69) is 17.2 Å². The van der Waals surface area contributed by atoms with Crippen LogP contribution < -0.4 is 5.32 Å². The quantitative estimate of drug-likeness (QED) is 0.819. The second kappa shape index (κ2) is 7.82. The van der Waals surface area contributed by atoms with Crippen molar-refractivity contribution in [3.05, 3.63) is 29.3 Å². The maximum absolute atomic E-state index is 12.4. The standard InChI is InChI=1S/C17H23NO3/c1-5-17(3,21-4)16(20)18-15-12-13(2)9-10-14(15)8-6-7-11-19/h9-10,12,19H,5,7,11H2,1-4H3,(H,18,20). The number of anilines is 1. The van der Waals surface area contributed by atoms with Gasteiger partial charge in [-0.2, -0.15) is 0 Å². The third-order valence-corrected chi connectivity index (χ3v) is 3.49. The van der Waals surface area contributed by atoms with Crippen molar-refractivity contribution in [3.63, 3.8) is 0 Å². The first-order valence-corrected chi connectivity index (χ1v) is 7.03. The number of benzene rings is 1. The van der Waals surface area contributed by atoms with Crippen LogP contribution in [0.5, 0.6) is 0 Å². The van der Waals surface area contributed by atoms with E-state index in [0.29, 0.717) is 18.5 Å². The number of ether oxygens (including phenoxy) is 1. The molecule has 0 aromatic heterocycles. The monoisotopic (exact) mass is 289 g/mol. The number of carbonyl (C=O) groups is 1. The molecule has 1 rings (SSSR count). The van der Waals surface area contributed by atoms with Gasteiger partial charge in [-0.3, -0.25) is 4.79 Å². The molecule has 0 spiro atoms. The average molecular weight is 289 g/mol. The molecule has 4 nitrogen and oxygen atoms in total. The molecule has 4 heteroatoms. The summed E-state index contributed by atoms with van der Waals surface area (Å²) in [6, 6.07) is 5.69. The van der Waals surface area contributed by atoms with E-state index in [9.17, 15) is 4.79 Å². The first kappa shape index (κ1) is 17.2. The molecule has 0 aliphatic heterocycles. The van der Waals surface area contributed by atoms with E-state index in [1.54, 1.807) is 6.92 Å². The van der Waals surface area contributed by atoms with Crippen LogP contribution in [0.25, 0.3) is 0 Å². The van der Waals surface area contributed by atoms with Gasteiger partial charge in [0.15, 0.2) is 0 Å². The van der Waals surface area contributed by atoms with E-state index in [4.69, 9.17) is 9.84 Å². The van der Waals surface area contributed by atoms with Gasteiger partial charge in [0.25, 0.3) is 5.91 Å². The van der Waals surface area contributed by atoms with Gasteiger partial charge in [0, 0.05) is 19.1 Å². The predicted molar refractivity (Wildman–Crippen MR) is 84.1 cm³/mol. The van der Waals surface area contributed by atoms with Crippen LogP contribution >= 0.6 is 0 Å². The molecule has 0 saturated carbocycles. The molecule has 1 atom stereocenters. The molecule has 1 unspecified atom stereocenters. The minimum atomic E-state index is -0.862. The van der Waals surface area contributed by atoms with Crippen molar-refractivity contribution in [2.75, 3.05) is 19.0 Å². The molecular formula is C17H23NO3. The van der Waals surface area contributed by atoms with Crippen LogP contribution in [0.1, 0.15) is 37.8 Å². The summed E-state index contributed by atoms with van der Waals surface area (Å²) in [5, 5.41) is 11.7. The minimum Gasteiger partial charge on any atom is -0.395 e. The van der Waals surface area contributed by atoms with Gasteiger partial charge in [0.05, 0.1) is 12.3 Å². The van der Waals surface area contributed by atoms with E-state index in [0.717, 1.165) is 11.1 Å². The van der Waals surface area contributed by atoms with E-state index < -0.39 is 5.60 Å². The number of aliphatic hydroxyl groups is 1. The summed E-state index contributed by atoms with van der Waals surface area (Å²) in [4.78, 5) is 12.4. The van der Waals surface area contributed by atoms with Crippen LogP contribution in [0.3, 0.4) is 0 Å². The normalized spacial score (nSPS) is 13.0. The number of methoxy groups -OCH3 is 1. The SMILES string of the molecule is CCC(C)(OC)C(=O)Nc1cc(C)ccc1C#CCCO. The third kappa shape index (κ3) is 4.59. The van der Waals surface area contributed by atoms with E-state index in [-0.39, 0.29) is 12.5 Å². The zero-order valence-electron chi connectivity index (χ0n) is 13.1. The van der Waals surface area contributed by atoms with Crippen molar-refractivity contribution < 1.29 is 14.6 Å². The molecule has 0 saturated heterocycles. The smallest absolute Gasteiger partial charge is 0.256 e. The molecule has 114 valence electrons. The molecule has 1 amide bonds. The Bertz CT molecular complexity index is 551. The molecule has 0 radical (unpaired) electrons. The number of amides is 1. The highest BCUT2D eigenvalue weighted by Gasteiger charge is 2.31. The van der Waals surface area contributed by atoms with Crippen LogP contribution in [0, 0.1) is 18.8 Å². The maximum atomic E-state index is 12.4. The van der Waals surface area contributed by atoms with Crippen LogP contribution in [0.2, 0.25) is 0 Å². The van der Waals surface area contributed by atoms with Crippen LogP contribution in [0.15, 0.2) is 18.2 Å². The summed E-state index contributed by atoms with van der Waals surface area (Å²) < 4.78 is 5.31. The number of hydrogen-bond donors (Lipinski definition) is 2. The van der Waals surface area contributed by atoms with E-state index in [1.807, 2.05) is 32.0 Å². The highest BCUT2D eigenvalue weighted by molar-refractivity contribution is 5.98. The van der Waals surface area contributed by atoms with E-state index in [1.165, 1.54) is 7.11 Å². The van der Waals surface area contributed by atoms with Gasteiger partial charge in [0.1, 0.15) is 5.60 Å². The van der Waals surface area contributed by atoms with Crippen molar-refractivity contribution in [3.8, 4) is 11.8 Å². The molecule has 0 aliphatic carbocycles. The zero-order chi connectivity index (χ0) is 15.9. The summed E-state index contributed by atoms with van der Waals surface area (Å²) in [5.41, 5.74) is 1.58. The Morgan fingerprint density at radius 3 is 2.76 bits per heavy atom. The Kier molecular flexibility index (Phi) is 6.41. The number of rotatable bonds is 5. The summed E-state index contributed by atoms with van der Waals surface area (Å²) in [6.45, 7) is 5.64. The number of carbonyl (C=O) groups excluding carboxylic acids is 1. The lowest BCUT2D eigenvalue weighted by Crippen LogP contribution is -2.41. The molecule has 21 heavy (non-hydrogen) atoms. The Hall–Kier alpha value is -1.83. The number of nitrogens with one attached hydrogen (secondary N) is 1. The Morgan fingerprint density at radius 1 is 1.48 bits per heavy atom. The van der Waals surface area contributed by atoms with Gasteiger partial charge in [-0.05, 0) is 38.0 Å². The molecule has 2 N–H and O–H groups in total. The molecule has 0 aliphatic rings. The largest absolute Gasteiger partial charge is 0.395 e. The van der Waals surface area contributed by atoms with Crippen molar-refractivity contribution in [2.45, 2.75) is 39.2 Å². The average Bonchev–Trinajstić information content (AvgIpc) is 2.48. The second-order valence-corrected chi connectivity index (χ2v) is 5.07. The van der Waals surface area contributed by atoms with Crippen molar-refractivity contribution >= 4 is 11.6 Å². The van der Waals surface area contributed by atoms with Crippen LogP contribution in [-0.4, -0.2) is 30.3 Å². The number of aryl methyl sites for hydroxylation is 1. The highest BCUT2D eigenvalue weighted by atomic mass is 16.5. The Balaban J connectivity index is 3.04. The molecule has 0 fully saturated rings. The summed E-state index contributed by atoms with van der Waals surface area (Å²) in [7, 11) is 1.53. The first-order valence-electron chi connectivity index (χ1n) is 7.03. The fourth-order valence-corrected chi connectivity index (χ4v) is 1.74. The van der Waals surface area contributed by atoms with Gasteiger partial charge >= 0.3 is 0 Å². The molecular weight excluding hydrogens is 266 g/mol. The topological polar surface area (TPSA) is 58.6 Å². The van der Waals surface area contributed by atoms with Gasteiger partial charge in [-0.1, -0.05) is 24.8 Å². The Morgan fingerprint density at radius 2 is 2.19 bits per heavy atom. The second-order valence-electron chi connectivity index (χ2n) is 5.07. The summed E-state index contributed by atoms with van der Waals surface area (Å²) in [6.07, 6.45) is 0.985. The molecule has 0 bridgehead atoms. The predicted octanol–water partition coefficient (Wildman–Crippen LogP) is 2.48. The minimum absolute atomic E-state index is 0.0259.